The Hall–Kier alpha value is -2.22. The zero-order chi connectivity index (χ0) is 23.3. The molecule has 0 aliphatic carbocycles. The van der Waals surface area contributed by atoms with Crippen LogP contribution in [0.3, 0.4) is 0 Å². The molecule has 176 valence electrons. The van der Waals surface area contributed by atoms with Crippen molar-refractivity contribution in [3.63, 3.8) is 0 Å². The largest absolute Gasteiger partial charge is 0.497 e. The fraction of sp³-hybridized carbons (Fsp3) is 0.480. The maximum atomic E-state index is 12.3. The highest BCUT2D eigenvalue weighted by Gasteiger charge is 2.18. The minimum absolute atomic E-state index is 0.0532. The highest BCUT2D eigenvalue weighted by molar-refractivity contribution is 7.99. The average Bonchev–Trinajstić information content (AvgIpc) is 2.79. The molecule has 0 aliphatic rings. The van der Waals surface area contributed by atoms with Gasteiger partial charge in [-0.2, -0.15) is 0 Å². The molecule has 2 aromatic rings. The summed E-state index contributed by atoms with van der Waals surface area (Å²) in [7, 11) is 5.58. The Morgan fingerprint density at radius 3 is 2.62 bits per heavy atom. The molecule has 0 saturated heterocycles. The molecule has 0 bridgehead atoms. The van der Waals surface area contributed by atoms with Gasteiger partial charge in [-0.15, -0.1) is 11.8 Å². The van der Waals surface area contributed by atoms with Crippen LogP contribution in [0.1, 0.15) is 24.0 Å². The van der Waals surface area contributed by atoms with E-state index < -0.39 is 0 Å². The average molecular weight is 461 g/mol. The number of likely N-dealkylation sites (N-methyl/N-ethyl adjacent to an activating group) is 1. The van der Waals surface area contributed by atoms with Gasteiger partial charge in [0.05, 0.1) is 12.5 Å². The quantitative estimate of drug-likeness (QED) is 0.340. The van der Waals surface area contributed by atoms with Crippen LogP contribution in [0.4, 0.5) is 0 Å². The van der Waals surface area contributed by atoms with Crippen LogP contribution in [0.2, 0.25) is 0 Å². The van der Waals surface area contributed by atoms with Gasteiger partial charge in [0.2, 0.25) is 0 Å². The van der Waals surface area contributed by atoms with Crippen LogP contribution in [0, 0.1) is 0 Å². The normalized spacial score (nSPS) is 12.9. The highest BCUT2D eigenvalue weighted by atomic mass is 32.2. The standard InChI is InChI=1S/C25H36N2O4S/c1-27(2)17-22(31-25(28)15-14-24(26)32-4)18-30-23-11-6-5-9-20(23)13-12-19-8-7-10-21(16-19)29-3/h5-11,16,22,24H,12-15,17-18,26H2,1-4H3. The second-order valence-electron chi connectivity index (χ2n) is 7.96. The number of hydrogen-bond acceptors (Lipinski definition) is 7. The number of para-hydroxylation sites is 1. The highest BCUT2D eigenvalue weighted by Crippen LogP contribution is 2.22. The van der Waals surface area contributed by atoms with E-state index in [0.29, 0.717) is 26.0 Å². The topological polar surface area (TPSA) is 74.0 Å². The van der Waals surface area contributed by atoms with Gasteiger partial charge in [0.15, 0.2) is 0 Å². The first-order chi connectivity index (χ1) is 15.4. The number of esters is 1. The van der Waals surface area contributed by atoms with Crippen LogP contribution in [0.15, 0.2) is 48.5 Å². The van der Waals surface area contributed by atoms with Gasteiger partial charge < -0.3 is 24.8 Å². The molecule has 2 aromatic carbocycles. The lowest BCUT2D eigenvalue weighted by molar-refractivity contribution is -0.151. The van der Waals surface area contributed by atoms with E-state index in [1.54, 1.807) is 18.9 Å². The molecule has 2 rings (SSSR count). The van der Waals surface area contributed by atoms with Gasteiger partial charge in [0, 0.05) is 13.0 Å². The Balaban J connectivity index is 1.96. The molecule has 2 unspecified atom stereocenters. The molecule has 0 spiro atoms. The van der Waals surface area contributed by atoms with Crippen molar-refractivity contribution in [3.05, 3.63) is 59.7 Å². The van der Waals surface area contributed by atoms with E-state index in [9.17, 15) is 4.79 Å². The molecular formula is C25H36N2O4S. The molecular weight excluding hydrogens is 424 g/mol. The monoisotopic (exact) mass is 460 g/mol. The van der Waals surface area contributed by atoms with Crippen molar-refractivity contribution in [3.8, 4) is 11.5 Å². The third kappa shape index (κ3) is 9.51. The molecule has 6 nitrogen and oxygen atoms in total. The van der Waals surface area contributed by atoms with Crippen molar-refractivity contribution in [2.45, 2.75) is 37.2 Å². The van der Waals surface area contributed by atoms with Gasteiger partial charge in [0.1, 0.15) is 24.2 Å². The van der Waals surface area contributed by atoms with Crippen molar-refractivity contribution < 1.29 is 19.0 Å². The van der Waals surface area contributed by atoms with Crippen LogP contribution in [-0.2, 0) is 22.4 Å². The smallest absolute Gasteiger partial charge is 0.306 e. The lowest BCUT2D eigenvalue weighted by Crippen LogP contribution is -2.35. The predicted molar refractivity (Wildman–Crippen MR) is 131 cm³/mol. The zero-order valence-electron chi connectivity index (χ0n) is 19.6. The minimum Gasteiger partial charge on any atom is -0.497 e. The lowest BCUT2D eigenvalue weighted by atomic mass is 10.0. The Kier molecular flexibility index (Phi) is 11.4. The zero-order valence-corrected chi connectivity index (χ0v) is 20.4. The van der Waals surface area contributed by atoms with Crippen LogP contribution in [-0.4, -0.2) is 63.0 Å². The first kappa shape index (κ1) is 26.0. The first-order valence-corrected chi connectivity index (χ1v) is 12.2. The molecule has 0 aromatic heterocycles. The van der Waals surface area contributed by atoms with E-state index in [0.717, 1.165) is 29.9 Å². The van der Waals surface area contributed by atoms with E-state index in [2.05, 4.69) is 18.2 Å². The van der Waals surface area contributed by atoms with Crippen LogP contribution < -0.4 is 15.2 Å². The maximum Gasteiger partial charge on any atom is 0.306 e. The number of rotatable bonds is 14. The fourth-order valence-electron chi connectivity index (χ4n) is 3.29. The second-order valence-corrected chi connectivity index (χ2v) is 9.03. The SMILES string of the molecule is COc1cccc(CCc2ccccc2OCC(CN(C)C)OC(=O)CCC(N)SC)c1. The van der Waals surface area contributed by atoms with Crippen LogP contribution in [0.25, 0.3) is 0 Å². The summed E-state index contributed by atoms with van der Waals surface area (Å²) in [5, 5.41) is -0.0532. The third-order valence-electron chi connectivity index (χ3n) is 5.02. The van der Waals surface area contributed by atoms with Gasteiger partial charge >= 0.3 is 5.97 Å². The maximum absolute atomic E-state index is 12.3. The summed E-state index contributed by atoms with van der Waals surface area (Å²) in [5.41, 5.74) is 8.22. The number of carbonyl (C=O) groups is 1. The molecule has 2 atom stereocenters. The third-order valence-corrected chi connectivity index (χ3v) is 5.86. The number of methoxy groups -OCH3 is 1. The Morgan fingerprint density at radius 2 is 1.91 bits per heavy atom. The second kappa shape index (κ2) is 14.0. The molecule has 0 radical (unpaired) electrons. The molecule has 0 aliphatic heterocycles. The number of ether oxygens (including phenoxy) is 3. The summed E-state index contributed by atoms with van der Waals surface area (Å²) in [6, 6.07) is 16.1. The van der Waals surface area contributed by atoms with Crippen LogP contribution in [0.5, 0.6) is 11.5 Å². The summed E-state index contributed by atoms with van der Waals surface area (Å²) >= 11 is 1.54. The summed E-state index contributed by atoms with van der Waals surface area (Å²) in [6.45, 7) is 0.890. The molecule has 0 saturated carbocycles. The molecule has 0 heterocycles. The number of thioether (sulfide) groups is 1. The number of carbonyl (C=O) groups excluding carboxylic acids is 1. The molecule has 0 fully saturated rings. The van der Waals surface area contributed by atoms with Crippen molar-refractivity contribution in [2.75, 3.05) is 40.6 Å². The molecule has 7 heteroatoms. The summed E-state index contributed by atoms with van der Waals surface area (Å²) in [4.78, 5) is 14.3. The van der Waals surface area contributed by atoms with Crippen molar-refractivity contribution in [1.29, 1.82) is 0 Å². The fourth-order valence-corrected chi connectivity index (χ4v) is 3.65. The van der Waals surface area contributed by atoms with Gasteiger partial charge in [-0.1, -0.05) is 30.3 Å². The van der Waals surface area contributed by atoms with Gasteiger partial charge in [-0.3, -0.25) is 4.79 Å². The number of benzene rings is 2. The molecule has 32 heavy (non-hydrogen) atoms. The number of nitrogens with zero attached hydrogens (tertiary/aromatic N) is 1. The molecule has 2 N–H and O–H groups in total. The Morgan fingerprint density at radius 1 is 1.12 bits per heavy atom. The van der Waals surface area contributed by atoms with E-state index in [-0.39, 0.29) is 17.4 Å². The van der Waals surface area contributed by atoms with E-state index in [1.165, 1.54) is 5.56 Å². The number of nitrogens with two attached hydrogens (primary N) is 1. The van der Waals surface area contributed by atoms with Crippen molar-refractivity contribution >= 4 is 17.7 Å². The van der Waals surface area contributed by atoms with Crippen LogP contribution >= 0.6 is 11.8 Å². The van der Waals surface area contributed by atoms with Crippen molar-refractivity contribution in [2.24, 2.45) is 5.73 Å². The van der Waals surface area contributed by atoms with E-state index in [1.807, 2.05) is 55.6 Å². The van der Waals surface area contributed by atoms with Gasteiger partial charge in [-0.05, 0) is 68.9 Å². The Bertz CT molecular complexity index is 831. The van der Waals surface area contributed by atoms with Crippen molar-refractivity contribution in [1.82, 2.24) is 4.90 Å². The van der Waals surface area contributed by atoms with Gasteiger partial charge in [0.25, 0.3) is 0 Å². The summed E-state index contributed by atoms with van der Waals surface area (Å²) < 4.78 is 17.1. The van der Waals surface area contributed by atoms with E-state index >= 15 is 0 Å². The predicted octanol–water partition coefficient (Wildman–Crippen LogP) is 3.76. The van der Waals surface area contributed by atoms with Gasteiger partial charge in [-0.25, -0.2) is 0 Å². The summed E-state index contributed by atoms with van der Waals surface area (Å²) in [5.74, 6) is 1.44. The number of aryl methyl sites for hydroxylation is 2. The Labute approximate surface area is 196 Å². The first-order valence-electron chi connectivity index (χ1n) is 10.9. The lowest BCUT2D eigenvalue weighted by Gasteiger charge is -2.23. The summed E-state index contributed by atoms with van der Waals surface area (Å²) in [6.07, 6.45) is 4.21. The number of hydrogen-bond donors (Lipinski definition) is 1. The molecule has 0 amide bonds. The minimum atomic E-state index is -0.352. The van der Waals surface area contributed by atoms with E-state index in [4.69, 9.17) is 19.9 Å².